The predicted molar refractivity (Wildman–Crippen MR) is 61.2 cm³/mol. The number of hydrogen-bond donors (Lipinski definition) is 0. The third kappa shape index (κ3) is 3.48. The summed E-state index contributed by atoms with van der Waals surface area (Å²) in [7, 11) is 0. The van der Waals surface area contributed by atoms with Crippen LogP contribution in [0.2, 0.25) is 0 Å². The second kappa shape index (κ2) is 5.42. The smallest absolute Gasteiger partial charge is 0.417 e. The fourth-order valence-electron chi connectivity index (χ4n) is 1.28. The molecule has 100 valence electrons. The van der Waals surface area contributed by atoms with Crippen LogP contribution in [0.4, 0.5) is 13.2 Å². The van der Waals surface area contributed by atoms with Crippen LogP contribution in [0.15, 0.2) is 24.3 Å². The molecule has 0 spiro atoms. The Hall–Kier alpha value is -1.52. The molecule has 0 N–H and O–H groups in total. The zero-order valence-corrected chi connectivity index (χ0v) is 10.4. The minimum absolute atomic E-state index is 0.0481. The van der Waals surface area contributed by atoms with Crippen molar-refractivity contribution in [2.24, 2.45) is 5.92 Å². The van der Waals surface area contributed by atoms with Crippen molar-refractivity contribution in [3.63, 3.8) is 0 Å². The summed E-state index contributed by atoms with van der Waals surface area (Å²) in [4.78, 5) is 11.7. The lowest BCUT2D eigenvalue weighted by Crippen LogP contribution is -2.22. The Morgan fingerprint density at radius 2 is 1.72 bits per heavy atom. The van der Waals surface area contributed by atoms with Gasteiger partial charge in [-0.1, -0.05) is 26.0 Å². The number of benzene rings is 1. The second-order valence-corrected chi connectivity index (χ2v) is 4.40. The highest BCUT2D eigenvalue weighted by molar-refractivity contribution is 5.91. The molecule has 1 aromatic carbocycles. The number of halogens is 3. The van der Waals surface area contributed by atoms with E-state index in [2.05, 4.69) is 0 Å². The molecule has 0 saturated carbocycles. The van der Waals surface area contributed by atoms with Crippen molar-refractivity contribution in [3.05, 3.63) is 35.4 Å². The van der Waals surface area contributed by atoms with Gasteiger partial charge in [0.05, 0.1) is 11.1 Å². The van der Waals surface area contributed by atoms with E-state index in [9.17, 15) is 18.0 Å². The first kappa shape index (κ1) is 14.5. The van der Waals surface area contributed by atoms with E-state index in [1.807, 2.05) is 13.8 Å². The zero-order valence-electron chi connectivity index (χ0n) is 10.4. The van der Waals surface area contributed by atoms with Crippen LogP contribution in [0.5, 0.6) is 0 Å². The largest absolute Gasteiger partial charge is 0.459 e. The maximum atomic E-state index is 12.7. The molecule has 0 aromatic heterocycles. The van der Waals surface area contributed by atoms with E-state index in [4.69, 9.17) is 4.74 Å². The number of esters is 1. The third-order valence-corrected chi connectivity index (χ3v) is 2.68. The van der Waals surface area contributed by atoms with E-state index in [1.54, 1.807) is 6.92 Å². The standard InChI is InChI=1S/C13H15F3O2/c1-8(2)9(3)18-12(17)10-6-4-5-7-11(10)13(14,15)16/h4-9H,1-3H3. The Kier molecular flexibility index (Phi) is 4.38. The number of rotatable bonds is 3. The lowest BCUT2D eigenvalue weighted by atomic mass is 10.1. The summed E-state index contributed by atoms with van der Waals surface area (Å²) in [5.74, 6) is -0.892. The molecular formula is C13H15F3O2. The normalized spacial score (nSPS) is 13.5. The van der Waals surface area contributed by atoms with Gasteiger partial charge in [-0.25, -0.2) is 4.79 Å². The molecule has 0 aliphatic rings. The van der Waals surface area contributed by atoms with Crippen molar-refractivity contribution in [2.45, 2.75) is 33.1 Å². The van der Waals surface area contributed by atoms with Gasteiger partial charge in [-0.05, 0) is 25.0 Å². The van der Waals surface area contributed by atoms with Gasteiger partial charge in [0, 0.05) is 0 Å². The minimum Gasteiger partial charge on any atom is -0.459 e. The van der Waals surface area contributed by atoms with Crippen molar-refractivity contribution in [2.75, 3.05) is 0 Å². The molecule has 1 aromatic rings. The highest BCUT2D eigenvalue weighted by Crippen LogP contribution is 2.32. The van der Waals surface area contributed by atoms with E-state index in [0.717, 1.165) is 12.1 Å². The van der Waals surface area contributed by atoms with Gasteiger partial charge in [0.1, 0.15) is 6.10 Å². The number of alkyl halides is 3. The first-order valence-corrected chi connectivity index (χ1v) is 5.60. The summed E-state index contributed by atoms with van der Waals surface area (Å²) >= 11 is 0. The van der Waals surface area contributed by atoms with Crippen molar-refractivity contribution in [3.8, 4) is 0 Å². The Bertz CT molecular complexity index is 424. The maximum absolute atomic E-state index is 12.7. The monoisotopic (exact) mass is 260 g/mol. The first-order chi connectivity index (χ1) is 8.23. The van der Waals surface area contributed by atoms with E-state index < -0.39 is 29.4 Å². The molecule has 0 saturated heterocycles. The number of hydrogen-bond acceptors (Lipinski definition) is 2. The Morgan fingerprint density at radius 1 is 1.17 bits per heavy atom. The molecular weight excluding hydrogens is 245 g/mol. The summed E-state index contributed by atoms with van der Waals surface area (Å²) in [5.41, 5.74) is -1.41. The Morgan fingerprint density at radius 3 is 2.22 bits per heavy atom. The molecule has 0 aliphatic carbocycles. The maximum Gasteiger partial charge on any atom is 0.417 e. The van der Waals surface area contributed by atoms with Gasteiger partial charge < -0.3 is 4.74 Å². The SMILES string of the molecule is CC(C)C(C)OC(=O)c1ccccc1C(F)(F)F. The van der Waals surface area contributed by atoms with Crippen LogP contribution in [0.25, 0.3) is 0 Å². The molecule has 0 fully saturated rings. The molecule has 1 atom stereocenters. The third-order valence-electron chi connectivity index (χ3n) is 2.68. The molecule has 1 rings (SSSR count). The van der Waals surface area contributed by atoms with Gasteiger partial charge in [0.25, 0.3) is 0 Å². The van der Waals surface area contributed by atoms with Crippen LogP contribution in [0.3, 0.4) is 0 Å². The van der Waals surface area contributed by atoms with Crippen molar-refractivity contribution < 1.29 is 22.7 Å². The van der Waals surface area contributed by atoms with E-state index >= 15 is 0 Å². The number of carbonyl (C=O) groups excluding carboxylic acids is 1. The first-order valence-electron chi connectivity index (χ1n) is 5.60. The van der Waals surface area contributed by atoms with Gasteiger partial charge in [-0.15, -0.1) is 0 Å². The molecule has 5 heteroatoms. The zero-order chi connectivity index (χ0) is 13.9. The highest BCUT2D eigenvalue weighted by atomic mass is 19.4. The molecule has 0 amide bonds. The summed E-state index contributed by atoms with van der Waals surface area (Å²) in [6.07, 6.45) is -4.99. The summed E-state index contributed by atoms with van der Waals surface area (Å²) in [5, 5.41) is 0. The average Bonchev–Trinajstić information content (AvgIpc) is 2.27. The molecule has 18 heavy (non-hydrogen) atoms. The Labute approximate surface area is 104 Å². The lowest BCUT2D eigenvalue weighted by Gasteiger charge is -2.18. The van der Waals surface area contributed by atoms with Crippen molar-refractivity contribution >= 4 is 5.97 Å². The van der Waals surface area contributed by atoms with Gasteiger partial charge in [-0.2, -0.15) is 13.2 Å². The summed E-state index contributed by atoms with van der Waals surface area (Å²) < 4.78 is 43.1. The van der Waals surface area contributed by atoms with E-state index in [1.165, 1.54) is 12.1 Å². The fourth-order valence-corrected chi connectivity index (χ4v) is 1.28. The van der Waals surface area contributed by atoms with Gasteiger partial charge in [0.15, 0.2) is 0 Å². The van der Waals surface area contributed by atoms with Gasteiger partial charge in [-0.3, -0.25) is 0 Å². The second-order valence-electron chi connectivity index (χ2n) is 4.40. The number of ether oxygens (including phenoxy) is 1. The minimum atomic E-state index is -4.56. The van der Waals surface area contributed by atoms with Crippen molar-refractivity contribution in [1.29, 1.82) is 0 Å². The van der Waals surface area contributed by atoms with Crippen LogP contribution in [0.1, 0.15) is 36.7 Å². The molecule has 0 radical (unpaired) electrons. The van der Waals surface area contributed by atoms with Crippen LogP contribution >= 0.6 is 0 Å². The van der Waals surface area contributed by atoms with Crippen LogP contribution in [0, 0.1) is 5.92 Å². The van der Waals surface area contributed by atoms with Gasteiger partial charge >= 0.3 is 12.1 Å². The van der Waals surface area contributed by atoms with E-state index in [-0.39, 0.29) is 5.92 Å². The summed E-state index contributed by atoms with van der Waals surface area (Å²) in [6.45, 7) is 5.31. The number of carbonyl (C=O) groups is 1. The van der Waals surface area contributed by atoms with Gasteiger partial charge in [0.2, 0.25) is 0 Å². The topological polar surface area (TPSA) is 26.3 Å². The molecule has 1 unspecified atom stereocenters. The molecule has 0 heterocycles. The predicted octanol–water partition coefficient (Wildman–Crippen LogP) is 3.91. The molecule has 2 nitrogen and oxygen atoms in total. The quantitative estimate of drug-likeness (QED) is 0.770. The summed E-state index contributed by atoms with van der Waals surface area (Å²) in [6, 6.07) is 4.62. The average molecular weight is 260 g/mol. The van der Waals surface area contributed by atoms with E-state index in [0.29, 0.717) is 0 Å². The fraction of sp³-hybridized carbons (Fsp3) is 0.462. The van der Waals surface area contributed by atoms with Crippen molar-refractivity contribution in [1.82, 2.24) is 0 Å². The Balaban J connectivity index is 3.00. The van der Waals surface area contributed by atoms with Crippen LogP contribution in [-0.4, -0.2) is 12.1 Å². The van der Waals surface area contributed by atoms with Crippen LogP contribution in [-0.2, 0) is 10.9 Å². The van der Waals surface area contributed by atoms with Crippen LogP contribution < -0.4 is 0 Å². The highest BCUT2D eigenvalue weighted by Gasteiger charge is 2.35. The lowest BCUT2D eigenvalue weighted by molar-refractivity contribution is -0.138. The molecule has 0 bridgehead atoms. The molecule has 0 aliphatic heterocycles.